The maximum Gasteiger partial charge on any atom is 0.258 e. The van der Waals surface area contributed by atoms with Crippen LogP contribution < -0.4 is 10.6 Å². The number of carbonyl (C=O) groups is 2. The van der Waals surface area contributed by atoms with Gasteiger partial charge in [-0.15, -0.1) is 11.8 Å². The largest absolute Gasteiger partial charge is 0.338 e. The first-order valence-corrected chi connectivity index (χ1v) is 9.55. The molecule has 0 radical (unpaired) electrons. The first kappa shape index (κ1) is 17.4. The molecule has 0 unspecified atom stereocenters. The lowest BCUT2D eigenvalue weighted by atomic mass is 10.1. The van der Waals surface area contributed by atoms with Crippen LogP contribution in [0, 0.1) is 0 Å². The van der Waals surface area contributed by atoms with Gasteiger partial charge in [0.05, 0.1) is 11.4 Å². The topological polar surface area (TPSA) is 84.2 Å². The lowest BCUT2D eigenvalue weighted by molar-refractivity contribution is -0.113. The van der Waals surface area contributed by atoms with Crippen LogP contribution in [0.1, 0.15) is 22.8 Å². The number of nitrogens with zero attached hydrogens (tertiary/aromatic N) is 1. The number of hydrogen-bond donors (Lipinski definition) is 2. The molecule has 1 aliphatic rings. The van der Waals surface area contributed by atoms with Crippen molar-refractivity contribution in [3.8, 4) is 11.3 Å². The molecule has 7 heteroatoms. The van der Waals surface area contributed by atoms with Crippen LogP contribution in [-0.2, 0) is 11.2 Å². The van der Waals surface area contributed by atoms with Crippen LogP contribution in [-0.4, -0.2) is 22.7 Å². The molecule has 2 N–H and O–H groups in total. The van der Waals surface area contributed by atoms with E-state index in [-0.39, 0.29) is 17.7 Å². The summed E-state index contributed by atoms with van der Waals surface area (Å²) in [6.07, 6.45) is 0.972. The molecule has 0 fully saturated rings. The highest BCUT2D eigenvalue weighted by Gasteiger charge is 2.18. The molecule has 2 aromatic carbocycles. The minimum Gasteiger partial charge on any atom is -0.338 e. The third-order valence-corrected chi connectivity index (χ3v) is 5.35. The van der Waals surface area contributed by atoms with Crippen LogP contribution in [0.5, 0.6) is 0 Å². The van der Waals surface area contributed by atoms with E-state index in [1.165, 1.54) is 17.3 Å². The fourth-order valence-corrected chi connectivity index (χ4v) is 3.58. The van der Waals surface area contributed by atoms with Crippen molar-refractivity contribution in [3.05, 3.63) is 59.7 Å². The minimum atomic E-state index is -0.327. The monoisotopic (exact) mass is 379 g/mol. The highest BCUT2D eigenvalue weighted by molar-refractivity contribution is 8.00. The Labute approximate surface area is 160 Å². The van der Waals surface area contributed by atoms with E-state index < -0.39 is 0 Å². The third kappa shape index (κ3) is 3.73. The van der Waals surface area contributed by atoms with Gasteiger partial charge >= 0.3 is 0 Å². The lowest BCUT2D eigenvalue weighted by Gasteiger charge is -2.16. The van der Waals surface area contributed by atoms with Gasteiger partial charge in [-0.3, -0.25) is 14.9 Å². The number of rotatable bonds is 4. The highest BCUT2D eigenvalue weighted by atomic mass is 32.2. The Morgan fingerprint density at radius 2 is 2.04 bits per heavy atom. The molecule has 1 aliphatic heterocycles. The Kier molecular flexibility index (Phi) is 4.68. The van der Waals surface area contributed by atoms with E-state index in [9.17, 15) is 9.59 Å². The van der Waals surface area contributed by atoms with Gasteiger partial charge in [0.15, 0.2) is 0 Å². The summed E-state index contributed by atoms with van der Waals surface area (Å²) in [7, 11) is 0. The van der Waals surface area contributed by atoms with Crippen molar-refractivity contribution in [1.82, 2.24) is 5.16 Å². The number of aryl methyl sites for hydroxylation is 1. The van der Waals surface area contributed by atoms with Crippen LogP contribution in [0.25, 0.3) is 11.3 Å². The van der Waals surface area contributed by atoms with Crippen molar-refractivity contribution >= 4 is 35.1 Å². The average molecular weight is 379 g/mol. The molecule has 4 rings (SSSR count). The van der Waals surface area contributed by atoms with Crippen LogP contribution in [0.3, 0.4) is 0 Å². The second-order valence-corrected chi connectivity index (χ2v) is 7.15. The fourth-order valence-electron chi connectivity index (χ4n) is 2.79. The number of nitrogens with one attached hydrogen (secondary N) is 2. The molecule has 2 heterocycles. The zero-order chi connectivity index (χ0) is 18.8. The van der Waals surface area contributed by atoms with E-state index in [1.54, 1.807) is 18.2 Å². The molecule has 0 aliphatic carbocycles. The minimum absolute atomic E-state index is 0.0703. The Morgan fingerprint density at radius 3 is 2.81 bits per heavy atom. The van der Waals surface area contributed by atoms with Gasteiger partial charge < -0.3 is 9.84 Å². The Morgan fingerprint density at radius 1 is 1.22 bits per heavy atom. The number of fused-ring (bicyclic) bond motifs is 1. The van der Waals surface area contributed by atoms with Crippen molar-refractivity contribution in [2.45, 2.75) is 18.2 Å². The predicted molar refractivity (Wildman–Crippen MR) is 105 cm³/mol. The van der Waals surface area contributed by atoms with E-state index in [0.29, 0.717) is 22.7 Å². The molecule has 1 aromatic heterocycles. The summed E-state index contributed by atoms with van der Waals surface area (Å²) in [5, 5.41) is 9.50. The number of hydrogen-bond acceptors (Lipinski definition) is 5. The van der Waals surface area contributed by atoms with Crippen LogP contribution in [0.4, 0.5) is 11.6 Å². The van der Waals surface area contributed by atoms with Crippen molar-refractivity contribution in [2.24, 2.45) is 0 Å². The van der Waals surface area contributed by atoms with Gasteiger partial charge in [-0.25, -0.2) is 0 Å². The molecule has 0 atom stereocenters. The highest BCUT2D eigenvalue weighted by Crippen LogP contribution is 2.32. The van der Waals surface area contributed by atoms with E-state index >= 15 is 0 Å². The predicted octanol–water partition coefficient (Wildman–Crippen LogP) is 4.20. The summed E-state index contributed by atoms with van der Waals surface area (Å²) in [6.45, 7) is 2.10. The van der Waals surface area contributed by atoms with Crippen LogP contribution >= 0.6 is 11.8 Å². The SMILES string of the molecule is CCc1ccc(-c2cc(NC(=O)c3ccc4c(c3)NC(=O)CS4)on2)cc1. The summed E-state index contributed by atoms with van der Waals surface area (Å²) in [5.74, 6) is 0.259. The Balaban J connectivity index is 1.49. The molecule has 6 nitrogen and oxygen atoms in total. The molecule has 2 amide bonds. The molecule has 0 bridgehead atoms. The molecule has 0 spiro atoms. The summed E-state index contributed by atoms with van der Waals surface area (Å²) >= 11 is 1.45. The number of thioether (sulfide) groups is 1. The molecule has 0 saturated heterocycles. The first-order valence-electron chi connectivity index (χ1n) is 8.56. The summed E-state index contributed by atoms with van der Waals surface area (Å²) in [6, 6.07) is 14.9. The lowest BCUT2D eigenvalue weighted by Crippen LogP contribution is -2.19. The zero-order valence-electron chi connectivity index (χ0n) is 14.6. The summed E-state index contributed by atoms with van der Waals surface area (Å²) < 4.78 is 5.24. The quantitative estimate of drug-likeness (QED) is 0.710. The van der Waals surface area contributed by atoms with Gasteiger partial charge in [-0.1, -0.05) is 36.3 Å². The Hall–Kier alpha value is -3.06. The molecule has 136 valence electrons. The van der Waals surface area contributed by atoms with Crippen LogP contribution in [0.15, 0.2) is 57.9 Å². The average Bonchev–Trinajstić information content (AvgIpc) is 3.16. The van der Waals surface area contributed by atoms with Gasteiger partial charge in [0.2, 0.25) is 11.8 Å². The van der Waals surface area contributed by atoms with Crippen molar-refractivity contribution in [2.75, 3.05) is 16.4 Å². The Bertz CT molecular complexity index is 1010. The van der Waals surface area contributed by atoms with E-state index in [0.717, 1.165) is 16.9 Å². The number of aromatic nitrogens is 1. The summed E-state index contributed by atoms with van der Waals surface area (Å²) in [4.78, 5) is 25.0. The fraction of sp³-hybridized carbons (Fsp3) is 0.150. The van der Waals surface area contributed by atoms with Crippen molar-refractivity contribution in [1.29, 1.82) is 0 Å². The molecular weight excluding hydrogens is 362 g/mol. The maximum absolute atomic E-state index is 12.5. The maximum atomic E-state index is 12.5. The number of benzene rings is 2. The normalized spacial score (nSPS) is 13.0. The van der Waals surface area contributed by atoms with Gasteiger partial charge in [0.25, 0.3) is 5.91 Å². The van der Waals surface area contributed by atoms with Gasteiger partial charge in [-0.2, -0.15) is 0 Å². The number of carbonyl (C=O) groups excluding carboxylic acids is 2. The van der Waals surface area contributed by atoms with E-state index in [4.69, 9.17) is 4.52 Å². The van der Waals surface area contributed by atoms with E-state index in [2.05, 4.69) is 22.7 Å². The second-order valence-electron chi connectivity index (χ2n) is 6.13. The van der Waals surface area contributed by atoms with Gasteiger partial charge in [0.1, 0.15) is 5.69 Å². The van der Waals surface area contributed by atoms with Crippen molar-refractivity contribution in [3.63, 3.8) is 0 Å². The third-order valence-electron chi connectivity index (χ3n) is 4.28. The smallest absolute Gasteiger partial charge is 0.258 e. The van der Waals surface area contributed by atoms with Gasteiger partial charge in [-0.05, 0) is 30.2 Å². The van der Waals surface area contributed by atoms with E-state index in [1.807, 2.05) is 30.3 Å². The molecule has 3 aromatic rings. The first-order chi connectivity index (χ1) is 13.1. The number of anilines is 2. The zero-order valence-corrected chi connectivity index (χ0v) is 15.4. The molecular formula is C20H17N3O3S. The second kappa shape index (κ2) is 7.28. The number of amides is 2. The molecule has 27 heavy (non-hydrogen) atoms. The molecule has 0 saturated carbocycles. The van der Waals surface area contributed by atoms with Gasteiger partial charge in [0, 0.05) is 22.1 Å². The van der Waals surface area contributed by atoms with Crippen molar-refractivity contribution < 1.29 is 14.1 Å². The summed E-state index contributed by atoms with van der Waals surface area (Å²) in [5.41, 5.74) is 3.90. The standard InChI is InChI=1S/C20H17N3O3S/c1-2-12-3-5-13(6-4-12)15-10-19(26-23-15)22-20(25)14-7-8-17-16(9-14)21-18(24)11-27-17/h3-10H,2,11H2,1H3,(H,21,24)(H,22,25). The van der Waals surface area contributed by atoms with Crippen LogP contribution in [0.2, 0.25) is 0 Å².